The summed E-state index contributed by atoms with van der Waals surface area (Å²) in [5.74, 6) is -3.27. The Morgan fingerprint density at radius 1 is 1.14 bits per heavy atom. The van der Waals surface area contributed by atoms with Crippen LogP contribution in [0, 0.1) is 11.8 Å². The second-order valence-electron chi connectivity index (χ2n) is 12.0. The highest BCUT2D eigenvalue weighted by atomic mass is 35.5. The van der Waals surface area contributed by atoms with Gasteiger partial charge in [-0.05, 0) is 52.2 Å². The maximum absolute atomic E-state index is 13.0. The number of aliphatic hydroxyl groups is 2. The molecule has 12 nitrogen and oxygen atoms in total. The molecule has 236 valence electrons. The van der Waals surface area contributed by atoms with Crippen LogP contribution < -0.4 is 16.0 Å². The number of benzene rings is 1. The van der Waals surface area contributed by atoms with Crippen LogP contribution >= 0.6 is 11.6 Å². The first-order chi connectivity index (χ1) is 19.2. The fourth-order valence-corrected chi connectivity index (χ4v) is 4.55. The topological polar surface area (TPSA) is 194 Å². The molecule has 0 bridgehead atoms. The van der Waals surface area contributed by atoms with E-state index < -0.39 is 41.1 Å². The fourth-order valence-electron chi connectivity index (χ4n) is 4.31. The maximum Gasteiger partial charge on any atom is 0.328 e. The van der Waals surface area contributed by atoms with Crippen LogP contribution in [0.25, 0.3) is 0 Å². The van der Waals surface area contributed by atoms with E-state index in [1.54, 1.807) is 24.8 Å². The second kappa shape index (κ2) is 16.0. The smallest absolute Gasteiger partial charge is 0.328 e. The molecular weight excluding hydrogens is 568 g/mol. The van der Waals surface area contributed by atoms with E-state index in [1.807, 2.05) is 50.8 Å². The van der Waals surface area contributed by atoms with Crippen molar-refractivity contribution < 1.29 is 39.6 Å². The molecule has 2 rings (SSSR count). The SMILES string of the molecule is CC(C)[C@H](C[C@H](O)[C@@H](N)CN1CC(=O)N(c2ccccc2Cl)CC1(C)C)C(=O)NCC(C)(C)O.O=C(O)/C=C/C(=O)O. The molecule has 1 heterocycles. The molecular formula is C29H45ClN4O8. The van der Waals surface area contributed by atoms with Crippen molar-refractivity contribution in [2.24, 2.45) is 17.6 Å². The van der Waals surface area contributed by atoms with Crippen LogP contribution in [0.15, 0.2) is 36.4 Å². The van der Waals surface area contributed by atoms with Crippen molar-refractivity contribution in [3.05, 3.63) is 41.4 Å². The lowest BCUT2D eigenvalue weighted by molar-refractivity contribution is -0.134. The van der Waals surface area contributed by atoms with Crippen LogP contribution in [0.2, 0.25) is 5.02 Å². The van der Waals surface area contributed by atoms with E-state index in [0.717, 1.165) is 0 Å². The van der Waals surface area contributed by atoms with Crippen molar-refractivity contribution in [2.45, 2.75) is 71.2 Å². The van der Waals surface area contributed by atoms with Gasteiger partial charge in [-0.3, -0.25) is 14.5 Å². The molecule has 1 aliphatic rings. The average Bonchev–Trinajstić information content (AvgIpc) is 2.86. The minimum atomic E-state index is -1.26. The summed E-state index contributed by atoms with van der Waals surface area (Å²) in [4.78, 5) is 48.4. The quantitative estimate of drug-likeness (QED) is 0.189. The number of aliphatic carboxylic acids is 2. The minimum Gasteiger partial charge on any atom is -0.478 e. The Morgan fingerprint density at radius 2 is 1.69 bits per heavy atom. The third kappa shape index (κ3) is 12.5. The van der Waals surface area contributed by atoms with Crippen molar-refractivity contribution in [2.75, 3.05) is 31.1 Å². The Kier molecular flexibility index (Phi) is 14.1. The van der Waals surface area contributed by atoms with Crippen LogP contribution in [0.5, 0.6) is 0 Å². The molecule has 0 aromatic heterocycles. The van der Waals surface area contributed by atoms with Gasteiger partial charge in [0.25, 0.3) is 0 Å². The lowest BCUT2D eigenvalue weighted by Crippen LogP contribution is -2.64. The Hall–Kier alpha value is -3.03. The monoisotopic (exact) mass is 612 g/mol. The molecule has 0 spiro atoms. The summed E-state index contributed by atoms with van der Waals surface area (Å²) in [6.45, 7) is 12.2. The molecule has 0 aliphatic carbocycles. The number of carbonyl (C=O) groups is 4. The van der Waals surface area contributed by atoms with Gasteiger partial charge in [0.05, 0.1) is 29.0 Å². The van der Waals surface area contributed by atoms with Crippen molar-refractivity contribution in [3.8, 4) is 0 Å². The van der Waals surface area contributed by atoms with Crippen molar-refractivity contribution in [3.63, 3.8) is 0 Å². The van der Waals surface area contributed by atoms with Gasteiger partial charge in [-0.15, -0.1) is 0 Å². The van der Waals surface area contributed by atoms with Crippen LogP contribution in [0.3, 0.4) is 0 Å². The van der Waals surface area contributed by atoms with Gasteiger partial charge in [0, 0.05) is 49.3 Å². The van der Waals surface area contributed by atoms with Gasteiger partial charge < -0.3 is 36.4 Å². The van der Waals surface area contributed by atoms with Crippen LogP contribution in [0.1, 0.15) is 48.0 Å². The predicted molar refractivity (Wildman–Crippen MR) is 160 cm³/mol. The highest BCUT2D eigenvalue weighted by molar-refractivity contribution is 6.33. The van der Waals surface area contributed by atoms with E-state index in [-0.39, 0.29) is 37.2 Å². The van der Waals surface area contributed by atoms with E-state index in [2.05, 4.69) is 5.32 Å². The van der Waals surface area contributed by atoms with E-state index >= 15 is 0 Å². The average molecular weight is 613 g/mol. The molecule has 1 fully saturated rings. The molecule has 1 aromatic rings. The molecule has 0 radical (unpaired) electrons. The Bertz CT molecular complexity index is 1100. The lowest BCUT2D eigenvalue weighted by Gasteiger charge is -2.47. The van der Waals surface area contributed by atoms with Crippen molar-refractivity contribution >= 4 is 41.0 Å². The summed E-state index contributed by atoms with van der Waals surface area (Å²) < 4.78 is 0. The van der Waals surface area contributed by atoms with Crippen molar-refractivity contribution in [1.82, 2.24) is 10.2 Å². The van der Waals surface area contributed by atoms with Gasteiger partial charge >= 0.3 is 11.9 Å². The fraction of sp³-hybridized carbons (Fsp3) is 0.586. The number of carboxylic acid groups (broad SMARTS) is 2. The van der Waals surface area contributed by atoms with Gasteiger partial charge in [-0.2, -0.15) is 0 Å². The number of halogens is 1. The Balaban J connectivity index is 0.000000962. The van der Waals surface area contributed by atoms with Gasteiger partial charge in [0.1, 0.15) is 0 Å². The van der Waals surface area contributed by atoms with E-state index in [4.69, 9.17) is 27.5 Å². The molecule has 13 heteroatoms. The number of para-hydroxylation sites is 1. The number of carboxylic acids is 2. The van der Waals surface area contributed by atoms with Gasteiger partial charge in [-0.1, -0.05) is 37.6 Å². The van der Waals surface area contributed by atoms with Gasteiger partial charge in [0.15, 0.2) is 0 Å². The first-order valence-corrected chi connectivity index (χ1v) is 14.0. The number of hydrogen-bond acceptors (Lipinski definition) is 8. The normalized spacial score (nSPS) is 17.8. The largest absolute Gasteiger partial charge is 0.478 e. The molecule has 2 amide bonds. The highest BCUT2D eigenvalue weighted by Crippen LogP contribution is 2.31. The summed E-state index contributed by atoms with van der Waals surface area (Å²) in [5.41, 5.74) is 5.64. The first-order valence-electron chi connectivity index (χ1n) is 13.6. The maximum atomic E-state index is 13.0. The minimum absolute atomic E-state index is 0.0131. The number of nitrogens with zero attached hydrogens (tertiary/aromatic N) is 2. The predicted octanol–water partition coefficient (Wildman–Crippen LogP) is 1.72. The molecule has 1 saturated heterocycles. The zero-order valence-corrected chi connectivity index (χ0v) is 25.8. The molecule has 42 heavy (non-hydrogen) atoms. The summed E-state index contributed by atoms with van der Waals surface area (Å²) in [5, 5.41) is 39.7. The van der Waals surface area contributed by atoms with E-state index in [0.29, 0.717) is 36.0 Å². The van der Waals surface area contributed by atoms with Gasteiger partial charge in [0.2, 0.25) is 11.8 Å². The Morgan fingerprint density at radius 3 is 2.17 bits per heavy atom. The van der Waals surface area contributed by atoms with E-state index in [1.165, 1.54) is 0 Å². The number of aliphatic hydroxyl groups excluding tert-OH is 1. The second-order valence-corrected chi connectivity index (χ2v) is 12.4. The number of nitrogens with two attached hydrogens (primary N) is 1. The van der Waals surface area contributed by atoms with Crippen LogP contribution in [-0.4, -0.2) is 98.5 Å². The summed E-state index contributed by atoms with van der Waals surface area (Å²) >= 11 is 6.32. The van der Waals surface area contributed by atoms with Gasteiger partial charge in [-0.25, -0.2) is 9.59 Å². The first kappa shape index (κ1) is 37.0. The summed E-state index contributed by atoms with van der Waals surface area (Å²) in [6, 6.07) is 6.63. The number of nitrogens with one attached hydrogen (secondary N) is 1. The zero-order chi connectivity index (χ0) is 32.4. The number of hydrogen-bond donors (Lipinski definition) is 6. The number of rotatable bonds is 12. The third-order valence-corrected chi connectivity index (χ3v) is 7.12. The molecule has 0 unspecified atom stereocenters. The summed E-state index contributed by atoms with van der Waals surface area (Å²) in [7, 11) is 0. The molecule has 1 aliphatic heterocycles. The molecule has 3 atom stereocenters. The summed E-state index contributed by atoms with van der Waals surface area (Å²) in [6.07, 6.45) is 0.391. The number of carbonyl (C=O) groups excluding carboxylic acids is 2. The lowest BCUT2D eigenvalue weighted by atomic mass is 9.86. The molecule has 1 aromatic carbocycles. The highest BCUT2D eigenvalue weighted by Gasteiger charge is 2.40. The van der Waals surface area contributed by atoms with Crippen LogP contribution in [-0.2, 0) is 19.2 Å². The van der Waals surface area contributed by atoms with E-state index in [9.17, 15) is 29.4 Å². The number of piperazine rings is 1. The number of anilines is 1. The molecule has 0 saturated carbocycles. The molecule has 7 N–H and O–H groups in total. The van der Waals surface area contributed by atoms with Crippen molar-refractivity contribution in [1.29, 1.82) is 0 Å². The third-order valence-electron chi connectivity index (χ3n) is 6.80. The van der Waals surface area contributed by atoms with Crippen LogP contribution in [0.4, 0.5) is 5.69 Å². The standard InChI is InChI=1S/C25H41ClN4O4.C4H4O4/c1-16(2)17(23(33)28-14-25(5,6)34)11-21(31)19(27)12-29-13-22(32)30(15-24(29,3)4)20-10-8-7-9-18(20)26;5-3(6)1-2-4(7)8/h7-10,16-17,19,21,31,34H,11-15,27H2,1-6H3,(H,28,33);1-2H,(H,5,6)(H,7,8)/b;2-1+/t17-,19-,21-;/m0./s1. The Labute approximate surface area is 252 Å². The number of amides is 2. The zero-order valence-electron chi connectivity index (χ0n) is 25.1.